The maximum absolute atomic E-state index is 8.84. The van der Waals surface area contributed by atoms with Crippen LogP contribution in [-0.4, -0.2) is 29.6 Å². The zero-order valence-electron chi connectivity index (χ0n) is 10.9. The van der Waals surface area contributed by atoms with Gasteiger partial charge in [-0.15, -0.1) is 0 Å². The van der Waals surface area contributed by atoms with Gasteiger partial charge in [-0.25, -0.2) is 0 Å². The third-order valence-electron chi connectivity index (χ3n) is 3.06. The van der Waals surface area contributed by atoms with Crippen molar-refractivity contribution in [3.8, 4) is 6.07 Å². The Morgan fingerprint density at radius 1 is 1.50 bits per heavy atom. The maximum atomic E-state index is 8.84. The van der Waals surface area contributed by atoms with Gasteiger partial charge in [-0.1, -0.05) is 13.8 Å². The van der Waals surface area contributed by atoms with Crippen LogP contribution in [0.5, 0.6) is 0 Å². The molecule has 2 N–H and O–H groups in total. The molecule has 16 heavy (non-hydrogen) atoms. The molecule has 0 bridgehead atoms. The molecular formula is C13H25N3. The van der Waals surface area contributed by atoms with Gasteiger partial charge in [-0.05, 0) is 45.1 Å². The van der Waals surface area contributed by atoms with Crippen LogP contribution >= 0.6 is 0 Å². The Bertz CT molecular complexity index is 248. The summed E-state index contributed by atoms with van der Waals surface area (Å²) in [4.78, 5) is 2.57. The Labute approximate surface area is 99.6 Å². The highest BCUT2D eigenvalue weighted by Crippen LogP contribution is 2.28. The minimum Gasteiger partial charge on any atom is -0.314 e. The Morgan fingerprint density at radius 2 is 2.12 bits per heavy atom. The highest BCUT2D eigenvalue weighted by atomic mass is 15.2. The molecule has 1 aliphatic rings. The van der Waals surface area contributed by atoms with Crippen LogP contribution in [-0.2, 0) is 0 Å². The number of nitrogens with zero attached hydrogens (tertiary/aromatic N) is 2. The summed E-state index contributed by atoms with van der Waals surface area (Å²) in [5, 5.41) is 8.84. The summed E-state index contributed by atoms with van der Waals surface area (Å²) in [6, 6.07) is 2.97. The largest absolute Gasteiger partial charge is 0.314 e. The summed E-state index contributed by atoms with van der Waals surface area (Å²) in [7, 11) is 0. The van der Waals surface area contributed by atoms with Crippen LogP contribution in [0.4, 0.5) is 0 Å². The highest BCUT2D eigenvalue weighted by molar-refractivity contribution is 5.00. The van der Waals surface area contributed by atoms with E-state index in [-0.39, 0.29) is 0 Å². The molecule has 1 aliphatic carbocycles. The first-order valence-electron chi connectivity index (χ1n) is 6.39. The Hall–Kier alpha value is -0.590. The molecule has 3 heteroatoms. The number of hydrogen-bond acceptors (Lipinski definition) is 3. The predicted molar refractivity (Wildman–Crippen MR) is 66.9 cm³/mol. The summed E-state index contributed by atoms with van der Waals surface area (Å²) in [6.45, 7) is 8.61. The van der Waals surface area contributed by atoms with Gasteiger partial charge in [0.1, 0.15) is 5.54 Å². The van der Waals surface area contributed by atoms with E-state index in [4.69, 9.17) is 11.0 Å². The minimum atomic E-state index is -0.646. The van der Waals surface area contributed by atoms with E-state index in [9.17, 15) is 0 Å². The highest BCUT2D eigenvalue weighted by Gasteiger charge is 2.29. The molecule has 0 aromatic carbocycles. The summed E-state index contributed by atoms with van der Waals surface area (Å²) in [5.41, 5.74) is 5.17. The molecule has 1 rings (SSSR count). The van der Waals surface area contributed by atoms with Gasteiger partial charge in [0.15, 0.2) is 0 Å². The van der Waals surface area contributed by atoms with Gasteiger partial charge in [0, 0.05) is 12.6 Å². The van der Waals surface area contributed by atoms with Gasteiger partial charge >= 0.3 is 0 Å². The zero-order chi connectivity index (χ0) is 12.2. The van der Waals surface area contributed by atoms with Crippen molar-refractivity contribution in [2.45, 2.75) is 58.0 Å². The molecule has 1 fully saturated rings. The Kier molecular flexibility index (Phi) is 4.76. The van der Waals surface area contributed by atoms with E-state index >= 15 is 0 Å². The van der Waals surface area contributed by atoms with Crippen molar-refractivity contribution < 1.29 is 0 Å². The van der Waals surface area contributed by atoms with E-state index in [0.717, 1.165) is 31.3 Å². The standard InChI is InChI=1S/C13H25N3/c1-11(2)9-16(12-5-6-12)8-4-7-13(3,15)10-14/h11-12H,4-9,15H2,1-3H3. The summed E-state index contributed by atoms with van der Waals surface area (Å²) < 4.78 is 0. The van der Waals surface area contributed by atoms with E-state index in [2.05, 4.69) is 24.8 Å². The maximum Gasteiger partial charge on any atom is 0.101 e. The van der Waals surface area contributed by atoms with E-state index in [1.54, 1.807) is 0 Å². The van der Waals surface area contributed by atoms with Gasteiger partial charge < -0.3 is 10.6 Å². The Morgan fingerprint density at radius 3 is 2.56 bits per heavy atom. The molecule has 1 saturated carbocycles. The SMILES string of the molecule is CC(C)CN(CCCC(C)(N)C#N)C1CC1. The van der Waals surface area contributed by atoms with Crippen LogP contribution in [0.3, 0.4) is 0 Å². The summed E-state index contributed by atoms with van der Waals surface area (Å²) in [6.07, 6.45) is 4.53. The lowest BCUT2D eigenvalue weighted by Gasteiger charge is -2.25. The Balaban J connectivity index is 2.25. The molecule has 0 aromatic heterocycles. The van der Waals surface area contributed by atoms with Gasteiger partial charge in [-0.3, -0.25) is 0 Å². The van der Waals surface area contributed by atoms with E-state index < -0.39 is 5.54 Å². The smallest absolute Gasteiger partial charge is 0.101 e. The first kappa shape index (κ1) is 13.5. The summed E-state index contributed by atoms with van der Waals surface area (Å²) in [5.74, 6) is 0.723. The van der Waals surface area contributed by atoms with Crippen molar-refractivity contribution in [3.05, 3.63) is 0 Å². The van der Waals surface area contributed by atoms with Crippen LogP contribution in [0.15, 0.2) is 0 Å². The molecule has 0 radical (unpaired) electrons. The van der Waals surface area contributed by atoms with Crippen molar-refractivity contribution in [2.75, 3.05) is 13.1 Å². The quantitative estimate of drug-likeness (QED) is 0.719. The molecule has 0 heterocycles. The number of nitrogens with two attached hydrogens (primary N) is 1. The van der Waals surface area contributed by atoms with Crippen LogP contribution in [0.2, 0.25) is 0 Å². The van der Waals surface area contributed by atoms with Crippen molar-refractivity contribution in [1.82, 2.24) is 4.90 Å². The van der Waals surface area contributed by atoms with Crippen LogP contribution in [0, 0.1) is 17.2 Å². The molecule has 3 nitrogen and oxygen atoms in total. The number of hydrogen-bond donors (Lipinski definition) is 1. The topological polar surface area (TPSA) is 53.0 Å². The summed E-state index contributed by atoms with van der Waals surface area (Å²) >= 11 is 0. The molecular weight excluding hydrogens is 198 g/mol. The third-order valence-corrected chi connectivity index (χ3v) is 3.06. The fourth-order valence-electron chi connectivity index (χ4n) is 2.04. The fourth-order valence-corrected chi connectivity index (χ4v) is 2.04. The lowest BCUT2D eigenvalue weighted by molar-refractivity contribution is 0.226. The van der Waals surface area contributed by atoms with Crippen molar-refractivity contribution in [1.29, 1.82) is 5.26 Å². The minimum absolute atomic E-state index is 0.646. The first-order chi connectivity index (χ1) is 7.44. The average Bonchev–Trinajstić information content (AvgIpc) is 2.98. The van der Waals surface area contributed by atoms with E-state index in [0.29, 0.717) is 0 Å². The molecule has 1 unspecified atom stereocenters. The van der Waals surface area contributed by atoms with Crippen molar-refractivity contribution in [2.24, 2.45) is 11.7 Å². The van der Waals surface area contributed by atoms with Crippen LogP contribution < -0.4 is 5.73 Å². The molecule has 0 saturated heterocycles. The van der Waals surface area contributed by atoms with Gasteiger partial charge in [-0.2, -0.15) is 5.26 Å². The van der Waals surface area contributed by atoms with Crippen molar-refractivity contribution in [3.63, 3.8) is 0 Å². The van der Waals surface area contributed by atoms with Crippen LogP contribution in [0.25, 0.3) is 0 Å². The lowest BCUT2D eigenvalue weighted by atomic mass is 9.99. The zero-order valence-corrected chi connectivity index (χ0v) is 10.9. The lowest BCUT2D eigenvalue weighted by Crippen LogP contribution is -2.36. The molecule has 0 aromatic rings. The van der Waals surface area contributed by atoms with E-state index in [1.165, 1.54) is 19.4 Å². The second-order valence-electron chi connectivity index (χ2n) is 5.75. The van der Waals surface area contributed by atoms with Gasteiger partial charge in [0.2, 0.25) is 0 Å². The second-order valence-corrected chi connectivity index (χ2v) is 5.75. The first-order valence-corrected chi connectivity index (χ1v) is 6.39. The average molecular weight is 223 g/mol. The van der Waals surface area contributed by atoms with E-state index in [1.807, 2.05) is 6.92 Å². The fraction of sp³-hybridized carbons (Fsp3) is 0.923. The van der Waals surface area contributed by atoms with Crippen LogP contribution in [0.1, 0.15) is 46.5 Å². The third kappa shape index (κ3) is 4.96. The number of nitriles is 1. The molecule has 92 valence electrons. The number of rotatable bonds is 7. The molecule has 0 amide bonds. The second kappa shape index (κ2) is 5.65. The molecule has 0 aliphatic heterocycles. The molecule has 1 atom stereocenters. The van der Waals surface area contributed by atoms with Gasteiger partial charge in [0.05, 0.1) is 6.07 Å². The van der Waals surface area contributed by atoms with Crippen molar-refractivity contribution >= 4 is 0 Å². The predicted octanol–water partition coefficient (Wildman–Crippen LogP) is 2.13. The monoisotopic (exact) mass is 223 g/mol. The normalized spacial score (nSPS) is 19.8. The molecule has 0 spiro atoms. The van der Waals surface area contributed by atoms with Gasteiger partial charge in [0.25, 0.3) is 0 Å².